The lowest BCUT2D eigenvalue weighted by molar-refractivity contribution is 0.625. The van der Waals surface area contributed by atoms with Gasteiger partial charge in [0.1, 0.15) is 5.82 Å². The van der Waals surface area contributed by atoms with E-state index in [9.17, 15) is 4.39 Å². The second-order valence-corrected chi connectivity index (χ2v) is 4.39. The molecule has 0 N–H and O–H groups in total. The molecule has 0 amide bonds. The molecule has 3 heteroatoms. The molecule has 3 rings (SSSR count). The van der Waals surface area contributed by atoms with Gasteiger partial charge in [-0.3, -0.25) is 4.99 Å². The van der Waals surface area contributed by atoms with Gasteiger partial charge in [0.15, 0.2) is 0 Å². The second kappa shape index (κ2) is 5.06. The van der Waals surface area contributed by atoms with Crippen molar-refractivity contribution in [1.29, 1.82) is 0 Å². The third-order valence-corrected chi connectivity index (χ3v) is 3.03. The van der Waals surface area contributed by atoms with E-state index in [1.165, 1.54) is 6.07 Å². The highest BCUT2D eigenvalue weighted by molar-refractivity contribution is 5.89. The summed E-state index contributed by atoms with van der Waals surface area (Å²) >= 11 is 0. The molecule has 0 spiro atoms. The van der Waals surface area contributed by atoms with Gasteiger partial charge in [-0.05, 0) is 23.8 Å². The average molecular weight is 252 g/mol. The van der Waals surface area contributed by atoms with E-state index in [4.69, 9.17) is 0 Å². The maximum absolute atomic E-state index is 13.2. The Balaban J connectivity index is 1.94. The summed E-state index contributed by atoms with van der Waals surface area (Å²) in [5.41, 5.74) is 3.06. The summed E-state index contributed by atoms with van der Waals surface area (Å²) in [5, 5.41) is 0. The molecule has 19 heavy (non-hydrogen) atoms. The second-order valence-electron chi connectivity index (χ2n) is 4.39. The van der Waals surface area contributed by atoms with Crippen molar-refractivity contribution in [2.75, 3.05) is 4.90 Å². The van der Waals surface area contributed by atoms with Gasteiger partial charge in [-0.15, -0.1) is 0 Å². The molecule has 94 valence electrons. The van der Waals surface area contributed by atoms with Crippen LogP contribution in [-0.4, -0.2) is 6.21 Å². The number of halogens is 1. The van der Waals surface area contributed by atoms with Crippen molar-refractivity contribution in [3.63, 3.8) is 0 Å². The topological polar surface area (TPSA) is 15.6 Å². The van der Waals surface area contributed by atoms with E-state index in [2.05, 4.69) is 9.89 Å². The fraction of sp³-hybridized carbons (Fsp3) is 0.0625. The first-order valence-corrected chi connectivity index (χ1v) is 6.13. The highest BCUT2D eigenvalue weighted by Crippen LogP contribution is 2.23. The van der Waals surface area contributed by atoms with Gasteiger partial charge in [0.2, 0.25) is 0 Å². The van der Waals surface area contributed by atoms with Crippen molar-refractivity contribution >= 4 is 11.9 Å². The number of rotatable bonds is 2. The zero-order chi connectivity index (χ0) is 13.1. The van der Waals surface area contributed by atoms with E-state index >= 15 is 0 Å². The van der Waals surface area contributed by atoms with Crippen LogP contribution < -0.4 is 4.90 Å². The number of fused-ring (bicyclic) bond motifs is 1. The van der Waals surface area contributed by atoms with Gasteiger partial charge >= 0.3 is 0 Å². The highest BCUT2D eigenvalue weighted by atomic mass is 19.1. The normalized spacial score (nSPS) is 13.2. The van der Waals surface area contributed by atoms with Gasteiger partial charge in [0.05, 0.1) is 0 Å². The zero-order valence-electron chi connectivity index (χ0n) is 10.3. The molecule has 1 heterocycles. The molecular formula is C16H13FN2. The van der Waals surface area contributed by atoms with Gasteiger partial charge in [-0.1, -0.05) is 30.3 Å². The minimum absolute atomic E-state index is 0.208. The van der Waals surface area contributed by atoms with Crippen molar-refractivity contribution < 1.29 is 4.39 Å². The van der Waals surface area contributed by atoms with Crippen molar-refractivity contribution in [2.24, 2.45) is 4.99 Å². The van der Waals surface area contributed by atoms with Crippen LogP contribution in [-0.2, 0) is 6.54 Å². The maximum atomic E-state index is 13.2. The van der Waals surface area contributed by atoms with E-state index < -0.39 is 0 Å². The number of anilines is 1. The molecule has 2 nitrogen and oxygen atoms in total. The van der Waals surface area contributed by atoms with Crippen LogP contribution in [0.3, 0.4) is 0 Å². The van der Waals surface area contributed by atoms with Crippen molar-refractivity contribution in [3.05, 3.63) is 77.9 Å². The Morgan fingerprint density at radius 1 is 1.05 bits per heavy atom. The number of benzene rings is 2. The predicted molar refractivity (Wildman–Crippen MR) is 75.8 cm³/mol. The summed E-state index contributed by atoms with van der Waals surface area (Å²) in [7, 11) is 0. The minimum atomic E-state index is -0.208. The summed E-state index contributed by atoms with van der Waals surface area (Å²) in [4.78, 5) is 6.27. The first-order valence-electron chi connectivity index (χ1n) is 6.13. The first kappa shape index (κ1) is 11.7. The average Bonchev–Trinajstić information content (AvgIpc) is 2.62. The molecule has 1 aliphatic heterocycles. The fourth-order valence-electron chi connectivity index (χ4n) is 2.15. The van der Waals surface area contributed by atoms with Gasteiger partial charge in [0.25, 0.3) is 0 Å². The lowest BCUT2D eigenvalue weighted by Crippen LogP contribution is -2.16. The Labute approximate surface area is 111 Å². The molecule has 0 unspecified atom stereocenters. The number of hydrogen-bond donors (Lipinski definition) is 0. The summed E-state index contributed by atoms with van der Waals surface area (Å²) in [6.45, 7) is 0.620. The van der Waals surface area contributed by atoms with E-state index in [0.717, 1.165) is 16.8 Å². The Morgan fingerprint density at radius 3 is 2.84 bits per heavy atom. The van der Waals surface area contributed by atoms with Crippen LogP contribution in [0, 0.1) is 5.82 Å². The molecule has 2 aromatic carbocycles. The lowest BCUT2D eigenvalue weighted by atomic mass is 10.1. The molecule has 0 aliphatic carbocycles. The zero-order valence-corrected chi connectivity index (χ0v) is 10.3. The molecule has 0 bridgehead atoms. The number of hydrogen-bond acceptors (Lipinski definition) is 2. The number of aliphatic imine (C=N–C) groups is 1. The van der Waals surface area contributed by atoms with Crippen LogP contribution in [0.25, 0.3) is 0 Å². The van der Waals surface area contributed by atoms with Gasteiger partial charge in [0, 0.05) is 36.4 Å². The summed E-state index contributed by atoms with van der Waals surface area (Å²) < 4.78 is 13.2. The molecule has 0 atom stereocenters. The molecule has 0 aromatic heterocycles. The van der Waals surface area contributed by atoms with E-state index in [1.54, 1.807) is 18.3 Å². The minimum Gasteiger partial charge on any atom is -0.341 e. The predicted octanol–water partition coefficient (Wildman–Crippen LogP) is 3.74. The highest BCUT2D eigenvalue weighted by Gasteiger charge is 2.10. The first-order chi connectivity index (χ1) is 9.33. The van der Waals surface area contributed by atoms with E-state index in [-0.39, 0.29) is 5.82 Å². The molecular weight excluding hydrogens is 239 g/mol. The largest absolute Gasteiger partial charge is 0.341 e. The van der Waals surface area contributed by atoms with E-state index in [0.29, 0.717) is 6.54 Å². The summed E-state index contributed by atoms with van der Waals surface area (Å²) in [5.74, 6) is -0.208. The van der Waals surface area contributed by atoms with Crippen LogP contribution in [0.1, 0.15) is 11.1 Å². The van der Waals surface area contributed by atoms with Crippen LogP contribution in [0.15, 0.2) is 65.9 Å². The molecule has 0 radical (unpaired) electrons. The molecule has 0 saturated carbocycles. The van der Waals surface area contributed by atoms with Gasteiger partial charge in [-0.25, -0.2) is 4.39 Å². The quantitative estimate of drug-likeness (QED) is 0.795. The van der Waals surface area contributed by atoms with E-state index in [1.807, 2.05) is 42.7 Å². The third kappa shape index (κ3) is 2.55. The summed E-state index contributed by atoms with van der Waals surface area (Å²) in [6.07, 6.45) is 5.49. The summed E-state index contributed by atoms with van der Waals surface area (Å²) in [6, 6.07) is 14.7. The van der Waals surface area contributed by atoms with Gasteiger partial charge in [-0.2, -0.15) is 0 Å². The SMILES string of the molecule is Fc1cccc(CN2C=CN=Cc3ccccc32)c1. The van der Waals surface area contributed by atoms with Crippen molar-refractivity contribution in [1.82, 2.24) is 0 Å². The van der Waals surface area contributed by atoms with Crippen molar-refractivity contribution in [3.8, 4) is 0 Å². The Bertz CT molecular complexity index is 647. The molecule has 2 aromatic rings. The number of nitrogens with zero attached hydrogens (tertiary/aromatic N) is 2. The van der Waals surface area contributed by atoms with Crippen molar-refractivity contribution in [2.45, 2.75) is 6.54 Å². The monoisotopic (exact) mass is 252 g/mol. The Hall–Kier alpha value is -2.42. The Kier molecular flexibility index (Phi) is 3.11. The standard InChI is InChI=1S/C16H13FN2/c17-15-6-3-4-13(10-15)12-19-9-8-18-11-14-5-1-2-7-16(14)19/h1-11H,12H2. The van der Waals surface area contributed by atoms with Crippen LogP contribution >= 0.6 is 0 Å². The van der Waals surface area contributed by atoms with Gasteiger partial charge < -0.3 is 4.90 Å². The maximum Gasteiger partial charge on any atom is 0.123 e. The molecule has 0 fully saturated rings. The van der Waals surface area contributed by atoms with Crippen LogP contribution in [0.2, 0.25) is 0 Å². The van der Waals surface area contributed by atoms with Crippen LogP contribution in [0.5, 0.6) is 0 Å². The fourth-order valence-corrected chi connectivity index (χ4v) is 2.15. The molecule has 1 aliphatic rings. The number of para-hydroxylation sites is 1. The third-order valence-electron chi connectivity index (χ3n) is 3.03. The molecule has 0 saturated heterocycles. The smallest absolute Gasteiger partial charge is 0.123 e. The Morgan fingerprint density at radius 2 is 1.95 bits per heavy atom. The van der Waals surface area contributed by atoms with Crippen LogP contribution in [0.4, 0.5) is 10.1 Å². The lowest BCUT2D eigenvalue weighted by Gasteiger charge is -2.21.